The highest BCUT2D eigenvalue weighted by Crippen LogP contribution is 2.24. The largest absolute Gasteiger partial charge is 0.391 e. The van der Waals surface area contributed by atoms with E-state index in [4.69, 9.17) is 10.5 Å². The molecular weight excluding hydrogens is 278 g/mol. The van der Waals surface area contributed by atoms with Gasteiger partial charge in [0.15, 0.2) is 5.13 Å². The van der Waals surface area contributed by atoms with Crippen LogP contribution >= 0.6 is 11.3 Å². The zero-order valence-electron chi connectivity index (χ0n) is 11.1. The van der Waals surface area contributed by atoms with Crippen LogP contribution in [-0.4, -0.2) is 42.4 Å². The van der Waals surface area contributed by atoms with E-state index in [0.717, 1.165) is 10.2 Å². The molecule has 1 aromatic heterocycles. The predicted octanol–water partition coefficient (Wildman–Crippen LogP) is 1.01. The van der Waals surface area contributed by atoms with Crippen LogP contribution in [0.15, 0.2) is 18.2 Å². The van der Waals surface area contributed by atoms with Gasteiger partial charge in [0.2, 0.25) is 0 Å². The summed E-state index contributed by atoms with van der Waals surface area (Å²) >= 11 is 1.35. The number of nitrogens with one attached hydrogen (secondary N) is 1. The Labute approximate surface area is 120 Å². The number of aliphatic hydroxyl groups excluding tert-OH is 1. The van der Waals surface area contributed by atoms with Gasteiger partial charge in [-0.15, -0.1) is 0 Å². The number of fused-ring (bicyclic) bond motifs is 1. The molecule has 0 radical (unpaired) electrons. The van der Waals surface area contributed by atoms with Crippen molar-refractivity contribution in [3.8, 4) is 0 Å². The average molecular weight is 295 g/mol. The van der Waals surface area contributed by atoms with Crippen molar-refractivity contribution in [1.29, 1.82) is 0 Å². The second-order valence-corrected chi connectivity index (χ2v) is 5.45. The zero-order valence-corrected chi connectivity index (χ0v) is 11.9. The first-order valence-electron chi connectivity index (χ1n) is 6.21. The first kappa shape index (κ1) is 14.7. The minimum Gasteiger partial charge on any atom is -0.391 e. The molecule has 1 atom stereocenters. The number of thiazole rings is 1. The van der Waals surface area contributed by atoms with Crippen molar-refractivity contribution in [2.75, 3.05) is 26.0 Å². The van der Waals surface area contributed by atoms with Crippen LogP contribution in [0.4, 0.5) is 5.13 Å². The maximum absolute atomic E-state index is 12.0. The van der Waals surface area contributed by atoms with Gasteiger partial charge in [-0.05, 0) is 24.6 Å². The van der Waals surface area contributed by atoms with Crippen molar-refractivity contribution >= 4 is 32.6 Å². The van der Waals surface area contributed by atoms with E-state index in [1.165, 1.54) is 18.4 Å². The van der Waals surface area contributed by atoms with E-state index < -0.39 is 6.10 Å². The standard InChI is InChI=1S/C13H17N3O3S/c1-19-7-9(17)4-5-15-12(18)8-2-3-10-11(6-8)20-13(14)16-10/h2-3,6,9,17H,4-5,7H2,1H3,(H2,14,16)(H,15,18). The van der Waals surface area contributed by atoms with Crippen LogP contribution in [0.5, 0.6) is 0 Å². The third-order valence-electron chi connectivity index (χ3n) is 2.79. The minimum atomic E-state index is -0.566. The summed E-state index contributed by atoms with van der Waals surface area (Å²) in [6.07, 6.45) is -0.112. The highest BCUT2D eigenvalue weighted by Gasteiger charge is 2.09. The molecule has 6 nitrogen and oxygen atoms in total. The van der Waals surface area contributed by atoms with Crippen LogP contribution in [0.1, 0.15) is 16.8 Å². The second kappa shape index (κ2) is 6.65. The van der Waals surface area contributed by atoms with Crippen LogP contribution < -0.4 is 11.1 Å². The predicted molar refractivity (Wildman–Crippen MR) is 78.9 cm³/mol. The Morgan fingerprint density at radius 2 is 2.40 bits per heavy atom. The molecule has 0 saturated carbocycles. The summed E-state index contributed by atoms with van der Waals surface area (Å²) in [5.74, 6) is -0.177. The third kappa shape index (κ3) is 3.66. The van der Waals surface area contributed by atoms with Gasteiger partial charge in [0.1, 0.15) is 0 Å². The van der Waals surface area contributed by atoms with E-state index in [2.05, 4.69) is 10.3 Å². The van der Waals surface area contributed by atoms with Gasteiger partial charge in [-0.3, -0.25) is 4.79 Å². The highest BCUT2D eigenvalue weighted by molar-refractivity contribution is 7.22. The van der Waals surface area contributed by atoms with Gasteiger partial charge in [0.05, 0.1) is 22.9 Å². The minimum absolute atomic E-state index is 0.177. The number of hydrogen-bond acceptors (Lipinski definition) is 6. The first-order valence-corrected chi connectivity index (χ1v) is 7.03. The van der Waals surface area contributed by atoms with Gasteiger partial charge in [0, 0.05) is 19.2 Å². The van der Waals surface area contributed by atoms with E-state index in [9.17, 15) is 9.90 Å². The molecule has 1 heterocycles. The number of anilines is 1. The molecule has 0 aliphatic rings. The van der Waals surface area contributed by atoms with Crippen molar-refractivity contribution < 1.29 is 14.6 Å². The number of nitrogens with zero attached hydrogens (tertiary/aromatic N) is 1. The molecule has 20 heavy (non-hydrogen) atoms. The molecule has 1 aromatic carbocycles. The molecule has 4 N–H and O–H groups in total. The number of rotatable bonds is 6. The number of amides is 1. The normalized spacial score (nSPS) is 12.5. The van der Waals surface area contributed by atoms with E-state index >= 15 is 0 Å². The monoisotopic (exact) mass is 295 g/mol. The van der Waals surface area contributed by atoms with Gasteiger partial charge in [-0.2, -0.15) is 0 Å². The van der Waals surface area contributed by atoms with Crippen molar-refractivity contribution in [2.45, 2.75) is 12.5 Å². The SMILES string of the molecule is COCC(O)CCNC(=O)c1ccc2nc(N)sc2c1. The number of hydrogen-bond donors (Lipinski definition) is 3. The summed E-state index contributed by atoms with van der Waals surface area (Å²) < 4.78 is 5.70. The molecule has 2 rings (SSSR count). The van der Waals surface area contributed by atoms with E-state index in [-0.39, 0.29) is 12.5 Å². The maximum Gasteiger partial charge on any atom is 0.251 e. The number of carbonyl (C=O) groups is 1. The topological polar surface area (TPSA) is 97.5 Å². The Bertz CT molecular complexity index is 600. The van der Waals surface area contributed by atoms with E-state index in [1.54, 1.807) is 18.2 Å². The lowest BCUT2D eigenvalue weighted by atomic mass is 10.2. The molecule has 0 bridgehead atoms. The number of nitrogens with two attached hydrogens (primary N) is 1. The van der Waals surface area contributed by atoms with E-state index in [0.29, 0.717) is 23.7 Å². The van der Waals surface area contributed by atoms with Crippen molar-refractivity contribution in [1.82, 2.24) is 10.3 Å². The number of ether oxygens (including phenoxy) is 1. The Morgan fingerprint density at radius 1 is 1.60 bits per heavy atom. The zero-order chi connectivity index (χ0) is 14.5. The average Bonchev–Trinajstić information content (AvgIpc) is 2.77. The molecule has 1 amide bonds. The quantitative estimate of drug-likeness (QED) is 0.739. The Balaban J connectivity index is 1.93. The maximum atomic E-state index is 12.0. The molecule has 0 saturated heterocycles. The van der Waals surface area contributed by atoms with Crippen LogP contribution in [0.3, 0.4) is 0 Å². The molecular formula is C13H17N3O3S. The lowest BCUT2D eigenvalue weighted by Gasteiger charge is -2.10. The molecule has 0 aliphatic heterocycles. The smallest absolute Gasteiger partial charge is 0.251 e. The fourth-order valence-electron chi connectivity index (χ4n) is 1.81. The van der Waals surface area contributed by atoms with E-state index in [1.807, 2.05) is 0 Å². The molecule has 108 valence electrons. The number of aliphatic hydroxyl groups is 1. The van der Waals surface area contributed by atoms with Gasteiger partial charge in [-0.1, -0.05) is 11.3 Å². The fourth-order valence-corrected chi connectivity index (χ4v) is 2.59. The highest BCUT2D eigenvalue weighted by atomic mass is 32.1. The van der Waals surface area contributed by atoms with Crippen molar-refractivity contribution in [2.24, 2.45) is 0 Å². The summed E-state index contributed by atoms with van der Waals surface area (Å²) in [6, 6.07) is 5.25. The summed E-state index contributed by atoms with van der Waals surface area (Å²) in [5.41, 5.74) is 6.97. The van der Waals surface area contributed by atoms with Crippen LogP contribution in [0.25, 0.3) is 10.2 Å². The Morgan fingerprint density at radius 3 is 3.15 bits per heavy atom. The molecule has 7 heteroatoms. The molecule has 1 unspecified atom stereocenters. The van der Waals surface area contributed by atoms with Gasteiger partial charge in [-0.25, -0.2) is 4.98 Å². The van der Waals surface area contributed by atoms with Crippen molar-refractivity contribution in [3.05, 3.63) is 23.8 Å². The Hall–Kier alpha value is -1.70. The summed E-state index contributed by atoms with van der Waals surface area (Å²) in [6.45, 7) is 0.661. The van der Waals surface area contributed by atoms with Crippen LogP contribution in [0, 0.1) is 0 Å². The van der Waals surface area contributed by atoms with Gasteiger partial charge >= 0.3 is 0 Å². The molecule has 0 fully saturated rings. The molecule has 0 spiro atoms. The summed E-state index contributed by atoms with van der Waals surface area (Å²) in [4.78, 5) is 16.1. The molecule has 0 aliphatic carbocycles. The number of nitrogen functional groups attached to an aromatic ring is 1. The van der Waals surface area contributed by atoms with Crippen LogP contribution in [-0.2, 0) is 4.74 Å². The second-order valence-electron chi connectivity index (χ2n) is 4.39. The summed E-state index contributed by atoms with van der Waals surface area (Å²) in [5, 5.41) is 12.7. The van der Waals surface area contributed by atoms with Crippen molar-refractivity contribution in [3.63, 3.8) is 0 Å². The molecule has 2 aromatic rings. The third-order valence-corrected chi connectivity index (χ3v) is 3.64. The number of aromatic nitrogens is 1. The fraction of sp³-hybridized carbons (Fsp3) is 0.385. The van der Waals surface area contributed by atoms with Gasteiger partial charge in [0.25, 0.3) is 5.91 Å². The number of carbonyl (C=O) groups excluding carboxylic acids is 1. The lowest BCUT2D eigenvalue weighted by Crippen LogP contribution is -2.28. The number of methoxy groups -OCH3 is 1. The Kier molecular flexibility index (Phi) is 4.89. The first-order chi connectivity index (χ1) is 9.60. The summed E-state index contributed by atoms with van der Waals surface area (Å²) in [7, 11) is 1.53. The van der Waals surface area contributed by atoms with Crippen LogP contribution in [0.2, 0.25) is 0 Å². The lowest BCUT2D eigenvalue weighted by molar-refractivity contribution is 0.0587. The number of benzene rings is 1. The van der Waals surface area contributed by atoms with Gasteiger partial charge < -0.3 is 20.9 Å².